The minimum atomic E-state index is -0.418. The Morgan fingerprint density at radius 1 is 1.24 bits per heavy atom. The first-order valence-electron chi connectivity index (χ1n) is 8.55. The number of hydrogen-bond donors (Lipinski definition) is 1. The third-order valence-corrected chi connectivity index (χ3v) is 4.45. The van der Waals surface area contributed by atoms with Crippen LogP contribution in [0.5, 0.6) is 5.75 Å². The number of carbonyl (C=O) groups is 1. The number of carbonyl (C=O) groups excluding carboxylic acids is 1. The van der Waals surface area contributed by atoms with Crippen molar-refractivity contribution in [2.45, 2.75) is 19.3 Å². The number of nitrogens with one attached hydrogen (secondary N) is 1. The number of rotatable bonds is 5. The van der Waals surface area contributed by atoms with Crippen LogP contribution >= 0.6 is 0 Å². The summed E-state index contributed by atoms with van der Waals surface area (Å²) in [5, 5.41) is 2.64. The fourth-order valence-corrected chi connectivity index (χ4v) is 2.96. The summed E-state index contributed by atoms with van der Waals surface area (Å²) in [5.41, 5.74) is 0.222. The molecule has 3 rings (SSSR count). The van der Waals surface area contributed by atoms with Gasteiger partial charge in [0.15, 0.2) is 0 Å². The minimum absolute atomic E-state index is 0.222. The summed E-state index contributed by atoms with van der Waals surface area (Å²) >= 11 is 0. The average Bonchev–Trinajstić information content (AvgIpc) is 2.65. The molecule has 0 aliphatic carbocycles. The first kappa shape index (κ1) is 17.2. The molecule has 2 heterocycles. The van der Waals surface area contributed by atoms with Crippen LogP contribution in [0.4, 0.5) is 14.9 Å². The van der Waals surface area contributed by atoms with Gasteiger partial charge in [0, 0.05) is 19.3 Å². The molecule has 1 saturated heterocycles. The SMILES string of the molecule is O=C(Nc1ccccc1F)N1CCC(CCOc2cccnc2)CC1. The number of nitrogens with zero attached hydrogens (tertiary/aromatic N) is 2. The smallest absolute Gasteiger partial charge is 0.321 e. The number of benzene rings is 1. The van der Waals surface area contributed by atoms with E-state index in [2.05, 4.69) is 10.3 Å². The van der Waals surface area contributed by atoms with Gasteiger partial charge in [-0.25, -0.2) is 9.18 Å². The van der Waals surface area contributed by atoms with Crippen molar-refractivity contribution in [1.29, 1.82) is 0 Å². The van der Waals surface area contributed by atoms with Gasteiger partial charge in [0.2, 0.25) is 0 Å². The van der Waals surface area contributed by atoms with E-state index in [0.717, 1.165) is 25.0 Å². The molecule has 1 fully saturated rings. The van der Waals surface area contributed by atoms with Crippen molar-refractivity contribution >= 4 is 11.7 Å². The summed E-state index contributed by atoms with van der Waals surface area (Å²) in [6.07, 6.45) is 6.24. The molecule has 132 valence electrons. The van der Waals surface area contributed by atoms with Gasteiger partial charge >= 0.3 is 6.03 Å². The molecule has 0 unspecified atom stereocenters. The van der Waals surface area contributed by atoms with E-state index < -0.39 is 5.82 Å². The number of piperidine rings is 1. The van der Waals surface area contributed by atoms with Gasteiger partial charge < -0.3 is 15.0 Å². The number of urea groups is 1. The van der Waals surface area contributed by atoms with E-state index in [0.29, 0.717) is 25.6 Å². The molecule has 1 aliphatic heterocycles. The zero-order valence-corrected chi connectivity index (χ0v) is 14.0. The third kappa shape index (κ3) is 4.92. The lowest BCUT2D eigenvalue weighted by Crippen LogP contribution is -2.41. The lowest BCUT2D eigenvalue weighted by molar-refractivity contribution is 0.170. The summed E-state index contributed by atoms with van der Waals surface area (Å²) < 4.78 is 19.3. The fourth-order valence-electron chi connectivity index (χ4n) is 2.96. The molecule has 0 radical (unpaired) electrons. The Hall–Kier alpha value is -2.63. The highest BCUT2D eigenvalue weighted by Crippen LogP contribution is 2.22. The van der Waals surface area contributed by atoms with Gasteiger partial charge in [-0.3, -0.25) is 4.98 Å². The predicted octanol–water partition coefficient (Wildman–Crippen LogP) is 3.93. The number of pyridine rings is 1. The van der Waals surface area contributed by atoms with Crippen molar-refractivity contribution in [3.8, 4) is 5.75 Å². The maximum Gasteiger partial charge on any atom is 0.321 e. The van der Waals surface area contributed by atoms with Crippen LogP contribution in [-0.4, -0.2) is 35.6 Å². The highest BCUT2D eigenvalue weighted by atomic mass is 19.1. The predicted molar refractivity (Wildman–Crippen MR) is 94.1 cm³/mol. The van der Waals surface area contributed by atoms with Gasteiger partial charge in [0.25, 0.3) is 0 Å². The second-order valence-electron chi connectivity index (χ2n) is 6.17. The Balaban J connectivity index is 1.39. The summed E-state index contributed by atoms with van der Waals surface area (Å²) in [6, 6.07) is 9.71. The molecule has 2 amide bonds. The van der Waals surface area contributed by atoms with Gasteiger partial charge in [-0.1, -0.05) is 12.1 Å². The Labute approximate surface area is 146 Å². The monoisotopic (exact) mass is 343 g/mol. The Bertz CT molecular complexity index is 688. The summed E-state index contributed by atoms with van der Waals surface area (Å²) in [6.45, 7) is 2.01. The van der Waals surface area contributed by atoms with E-state index in [9.17, 15) is 9.18 Å². The van der Waals surface area contributed by atoms with E-state index in [4.69, 9.17) is 4.74 Å². The van der Waals surface area contributed by atoms with Crippen LogP contribution < -0.4 is 10.1 Å². The Kier molecular flexibility index (Phi) is 5.82. The van der Waals surface area contributed by atoms with Crippen molar-refractivity contribution in [1.82, 2.24) is 9.88 Å². The van der Waals surface area contributed by atoms with Crippen molar-refractivity contribution in [2.75, 3.05) is 25.0 Å². The van der Waals surface area contributed by atoms with E-state index in [1.165, 1.54) is 6.07 Å². The number of ether oxygens (including phenoxy) is 1. The summed E-state index contributed by atoms with van der Waals surface area (Å²) in [7, 11) is 0. The molecule has 0 saturated carbocycles. The molecule has 2 aromatic rings. The number of likely N-dealkylation sites (tertiary alicyclic amines) is 1. The third-order valence-electron chi connectivity index (χ3n) is 4.45. The Morgan fingerprint density at radius 3 is 2.76 bits per heavy atom. The standard InChI is InChI=1S/C19H22FN3O2/c20-17-5-1-2-6-18(17)22-19(24)23-11-7-15(8-12-23)9-13-25-16-4-3-10-21-14-16/h1-6,10,14-15H,7-9,11-13H2,(H,22,24). The van der Waals surface area contributed by atoms with E-state index in [1.807, 2.05) is 12.1 Å². The fraction of sp³-hybridized carbons (Fsp3) is 0.368. The molecule has 0 bridgehead atoms. The number of amides is 2. The van der Waals surface area contributed by atoms with Crippen LogP contribution in [-0.2, 0) is 0 Å². The first-order chi connectivity index (χ1) is 12.2. The second kappa shape index (κ2) is 8.46. The van der Waals surface area contributed by atoms with Crippen molar-refractivity contribution in [3.05, 3.63) is 54.6 Å². The van der Waals surface area contributed by atoms with Gasteiger partial charge in [-0.15, -0.1) is 0 Å². The molecular weight excluding hydrogens is 321 g/mol. The molecular formula is C19H22FN3O2. The second-order valence-corrected chi connectivity index (χ2v) is 6.17. The average molecular weight is 343 g/mol. The largest absolute Gasteiger partial charge is 0.492 e. The van der Waals surface area contributed by atoms with E-state index >= 15 is 0 Å². The van der Waals surface area contributed by atoms with Crippen LogP contribution in [0.1, 0.15) is 19.3 Å². The van der Waals surface area contributed by atoms with Gasteiger partial charge in [0.05, 0.1) is 18.5 Å². The maximum atomic E-state index is 13.6. The maximum absolute atomic E-state index is 13.6. The summed E-state index contributed by atoms with van der Waals surface area (Å²) in [4.78, 5) is 18.0. The molecule has 1 aliphatic rings. The van der Waals surface area contributed by atoms with E-state index in [1.54, 1.807) is 35.5 Å². The van der Waals surface area contributed by atoms with Crippen molar-refractivity contribution in [3.63, 3.8) is 0 Å². The molecule has 0 spiro atoms. The number of halogens is 1. The number of hydrogen-bond acceptors (Lipinski definition) is 3. The molecule has 1 N–H and O–H groups in total. The molecule has 1 aromatic heterocycles. The quantitative estimate of drug-likeness (QED) is 0.895. The van der Waals surface area contributed by atoms with Gasteiger partial charge in [0.1, 0.15) is 11.6 Å². The van der Waals surface area contributed by atoms with Crippen molar-refractivity contribution in [2.24, 2.45) is 5.92 Å². The van der Waals surface area contributed by atoms with E-state index in [-0.39, 0.29) is 11.7 Å². The lowest BCUT2D eigenvalue weighted by atomic mass is 9.94. The molecule has 6 heteroatoms. The van der Waals surface area contributed by atoms with Gasteiger partial charge in [-0.2, -0.15) is 0 Å². The Morgan fingerprint density at radius 2 is 2.04 bits per heavy atom. The van der Waals surface area contributed by atoms with Gasteiger partial charge in [-0.05, 0) is 49.4 Å². The molecule has 1 aromatic carbocycles. The van der Waals surface area contributed by atoms with Crippen LogP contribution in [0.15, 0.2) is 48.8 Å². The number of aromatic nitrogens is 1. The topological polar surface area (TPSA) is 54.5 Å². The molecule has 25 heavy (non-hydrogen) atoms. The van der Waals surface area contributed by atoms with Crippen LogP contribution in [0.25, 0.3) is 0 Å². The van der Waals surface area contributed by atoms with Crippen LogP contribution in [0.3, 0.4) is 0 Å². The highest BCUT2D eigenvalue weighted by molar-refractivity contribution is 5.89. The minimum Gasteiger partial charge on any atom is -0.492 e. The highest BCUT2D eigenvalue weighted by Gasteiger charge is 2.23. The lowest BCUT2D eigenvalue weighted by Gasteiger charge is -2.32. The zero-order valence-electron chi connectivity index (χ0n) is 14.0. The normalized spacial score (nSPS) is 15.0. The zero-order chi connectivity index (χ0) is 17.5. The number of para-hydroxylation sites is 1. The first-order valence-corrected chi connectivity index (χ1v) is 8.55. The molecule has 5 nitrogen and oxygen atoms in total. The molecule has 0 atom stereocenters. The number of anilines is 1. The van der Waals surface area contributed by atoms with Crippen molar-refractivity contribution < 1.29 is 13.9 Å². The van der Waals surface area contributed by atoms with Crippen LogP contribution in [0.2, 0.25) is 0 Å². The summed E-state index contributed by atoms with van der Waals surface area (Å²) in [5.74, 6) is 0.900. The van der Waals surface area contributed by atoms with Crippen LogP contribution in [0, 0.1) is 11.7 Å².